The van der Waals surface area contributed by atoms with Crippen LogP contribution in [0, 0.1) is 5.92 Å². The molecule has 3 rings (SSSR count). The van der Waals surface area contributed by atoms with Crippen LogP contribution >= 0.6 is 0 Å². The summed E-state index contributed by atoms with van der Waals surface area (Å²) in [5.74, 6) is 1.52. The Morgan fingerprint density at radius 1 is 1.50 bits per heavy atom. The average molecular weight is 222 g/mol. The number of fused-ring (bicyclic) bond motifs is 1. The van der Waals surface area contributed by atoms with Gasteiger partial charge in [-0.1, -0.05) is 0 Å². The van der Waals surface area contributed by atoms with E-state index in [1.165, 1.54) is 5.69 Å². The highest BCUT2D eigenvalue weighted by molar-refractivity contribution is 5.11. The molecule has 0 saturated carbocycles. The fourth-order valence-corrected chi connectivity index (χ4v) is 2.75. The second kappa shape index (κ2) is 4.18. The first-order valence-corrected chi connectivity index (χ1v) is 6.15. The van der Waals surface area contributed by atoms with Crippen LogP contribution in [-0.2, 0) is 17.7 Å². The van der Waals surface area contributed by atoms with Crippen LogP contribution in [0.5, 0.6) is 0 Å². The summed E-state index contributed by atoms with van der Waals surface area (Å²) >= 11 is 0. The van der Waals surface area contributed by atoms with Gasteiger partial charge in [-0.2, -0.15) is 0 Å². The molecule has 0 aliphatic carbocycles. The SMILES string of the molecule is OCC1CCn2c(cnc2C2CCCO2)C1. The molecule has 4 nitrogen and oxygen atoms in total. The summed E-state index contributed by atoms with van der Waals surface area (Å²) in [5, 5.41) is 9.18. The lowest BCUT2D eigenvalue weighted by atomic mass is 9.97. The van der Waals surface area contributed by atoms with Gasteiger partial charge >= 0.3 is 0 Å². The molecule has 0 radical (unpaired) electrons. The summed E-state index contributed by atoms with van der Waals surface area (Å²) in [6, 6.07) is 0. The van der Waals surface area contributed by atoms with Crippen molar-refractivity contribution in [3.63, 3.8) is 0 Å². The van der Waals surface area contributed by atoms with Gasteiger partial charge in [-0.15, -0.1) is 0 Å². The molecule has 0 spiro atoms. The molecule has 1 aromatic rings. The molecule has 1 saturated heterocycles. The molecular weight excluding hydrogens is 204 g/mol. The minimum absolute atomic E-state index is 0.208. The van der Waals surface area contributed by atoms with Crippen molar-refractivity contribution < 1.29 is 9.84 Å². The Morgan fingerprint density at radius 2 is 2.44 bits per heavy atom. The topological polar surface area (TPSA) is 47.3 Å². The lowest BCUT2D eigenvalue weighted by molar-refractivity contribution is 0.0997. The van der Waals surface area contributed by atoms with Crippen LogP contribution in [0.1, 0.15) is 36.9 Å². The number of hydrogen-bond acceptors (Lipinski definition) is 3. The molecule has 2 unspecified atom stereocenters. The Balaban J connectivity index is 1.84. The Labute approximate surface area is 95.3 Å². The van der Waals surface area contributed by atoms with Crippen molar-refractivity contribution >= 4 is 0 Å². The zero-order valence-corrected chi connectivity index (χ0v) is 9.43. The van der Waals surface area contributed by atoms with Gasteiger partial charge in [0.2, 0.25) is 0 Å². The van der Waals surface area contributed by atoms with Crippen molar-refractivity contribution in [2.24, 2.45) is 5.92 Å². The van der Waals surface area contributed by atoms with Crippen LogP contribution in [0.4, 0.5) is 0 Å². The third-order valence-corrected chi connectivity index (χ3v) is 3.70. The normalized spacial score (nSPS) is 29.3. The highest BCUT2D eigenvalue weighted by Crippen LogP contribution is 2.31. The summed E-state index contributed by atoms with van der Waals surface area (Å²) < 4.78 is 7.98. The molecule has 0 aromatic carbocycles. The van der Waals surface area contributed by atoms with E-state index >= 15 is 0 Å². The van der Waals surface area contributed by atoms with Crippen LogP contribution in [0.15, 0.2) is 6.20 Å². The van der Waals surface area contributed by atoms with Gasteiger partial charge in [-0.25, -0.2) is 4.98 Å². The van der Waals surface area contributed by atoms with Crippen molar-refractivity contribution in [1.29, 1.82) is 0 Å². The summed E-state index contributed by atoms with van der Waals surface area (Å²) in [4.78, 5) is 4.50. The van der Waals surface area contributed by atoms with Crippen LogP contribution in [0.2, 0.25) is 0 Å². The van der Waals surface area contributed by atoms with Crippen molar-refractivity contribution in [3.05, 3.63) is 17.7 Å². The lowest BCUT2D eigenvalue weighted by Gasteiger charge is -2.24. The van der Waals surface area contributed by atoms with Gasteiger partial charge in [-0.05, 0) is 31.6 Å². The van der Waals surface area contributed by atoms with Gasteiger partial charge in [0.15, 0.2) is 0 Å². The number of hydrogen-bond donors (Lipinski definition) is 1. The van der Waals surface area contributed by atoms with Gasteiger partial charge in [0.05, 0.1) is 0 Å². The molecule has 1 N–H and O–H groups in total. The first-order valence-electron chi connectivity index (χ1n) is 6.15. The second-order valence-electron chi connectivity index (χ2n) is 4.80. The first kappa shape index (κ1) is 10.3. The van der Waals surface area contributed by atoms with Gasteiger partial charge in [0, 0.05) is 31.6 Å². The van der Waals surface area contributed by atoms with Crippen molar-refractivity contribution in [2.75, 3.05) is 13.2 Å². The molecule has 3 heterocycles. The minimum Gasteiger partial charge on any atom is -0.396 e. The molecule has 2 atom stereocenters. The maximum Gasteiger partial charge on any atom is 0.138 e. The number of imidazole rings is 1. The predicted molar refractivity (Wildman–Crippen MR) is 59.1 cm³/mol. The van der Waals surface area contributed by atoms with Crippen LogP contribution in [0.3, 0.4) is 0 Å². The summed E-state index contributed by atoms with van der Waals surface area (Å²) in [6.07, 6.45) is 6.42. The Hall–Kier alpha value is -0.870. The molecule has 16 heavy (non-hydrogen) atoms. The third-order valence-electron chi connectivity index (χ3n) is 3.70. The van der Waals surface area contributed by atoms with E-state index < -0.39 is 0 Å². The van der Waals surface area contributed by atoms with E-state index in [1.54, 1.807) is 0 Å². The largest absolute Gasteiger partial charge is 0.396 e. The second-order valence-corrected chi connectivity index (χ2v) is 4.80. The fraction of sp³-hybridized carbons (Fsp3) is 0.750. The smallest absolute Gasteiger partial charge is 0.138 e. The lowest BCUT2D eigenvalue weighted by Crippen LogP contribution is -2.23. The molecule has 1 fully saturated rings. The Kier molecular flexibility index (Phi) is 2.69. The summed E-state index contributed by atoms with van der Waals surface area (Å²) in [6.45, 7) is 2.14. The number of rotatable bonds is 2. The third kappa shape index (κ3) is 1.66. The molecule has 0 bridgehead atoms. The average Bonchev–Trinajstić information content (AvgIpc) is 2.96. The molecular formula is C12H18N2O2. The summed E-state index contributed by atoms with van der Waals surface area (Å²) in [5.41, 5.74) is 1.26. The quantitative estimate of drug-likeness (QED) is 0.820. The van der Waals surface area contributed by atoms with E-state index in [9.17, 15) is 5.11 Å². The van der Waals surface area contributed by atoms with Gasteiger partial charge < -0.3 is 14.4 Å². The molecule has 1 aromatic heterocycles. The number of ether oxygens (including phenoxy) is 1. The van der Waals surface area contributed by atoms with E-state index in [0.29, 0.717) is 12.5 Å². The monoisotopic (exact) mass is 222 g/mol. The van der Waals surface area contributed by atoms with Crippen molar-refractivity contribution in [3.8, 4) is 0 Å². The van der Waals surface area contributed by atoms with Crippen LogP contribution in [0.25, 0.3) is 0 Å². The Morgan fingerprint density at radius 3 is 3.19 bits per heavy atom. The fourth-order valence-electron chi connectivity index (χ4n) is 2.75. The number of aliphatic hydroxyl groups excluding tert-OH is 1. The van der Waals surface area contributed by atoms with Gasteiger partial charge in [0.1, 0.15) is 11.9 Å². The number of nitrogens with zero attached hydrogens (tertiary/aromatic N) is 2. The zero-order chi connectivity index (χ0) is 11.0. The van der Waals surface area contributed by atoms with E-state index in [0.717, 1.165) is 44.7 Å². The molecule has 88 valence electrons. The molecule has 4 heteroatoms. The first-order chi connectivity index (χ1) is 7.88. The number of aliphatic hydroxyl groups is 1. The van der Waals surface area contributed by atoms with E-state index in [-0.39, 0.29) is 6.10 Å². The van der Waals surface area contributed by atoms with Gasteiger partial charge in [-0.3, -0.25) is 0 Å². The molecule has 0 amide bonds. The highest BCUT2D eigenvalue weighted by Gasteiger charge is 2.27. The van der Waals surface area contributed by atoms with Crippen LogP contribution in [-0.4, -0.2) is 27.9 Å². The van der Waals surface area contributed by atoms with E-state index in [1.807, 2.05) is 6.20 Å². The maximum atomic E-state index is 9.18. The standard InChI is InChI=1S/C12H18N2O2/c15-8-9-3-4-14-10(6-9)7-13-12(14)11-2-1-5-16-11/h7,9,11,15H,1-6,8H2. The Bertz CT molecular complexity index is 369. The minimum atomic E-state index is 0.208. The number of aromatic nitrogens is 2. The van der Waals surface area contributed by atoms with E-state index in [2.05, 4.69) is 9.55 Å². The summed E-state index contributed by atoms with van der Waals surface area (Å²) in [7, 11) is 0. The molecule has 2 aliphatic rings. The highest BCUT2D eigenvalue weighted by atomic mass is 16.5. The maximum absolute atomic E-state index is 9.18. The van der Waals surface area contributed by atoms with Crippen molar-refractivity contribution in [2.45, 2.75) is 38.3 Å². The zero-order valence-electron chi connectivity index (χ0n) is 9.43. The van der Waals surface area contributed by atoms with Crippen molar-refractivity contribution in [1.82, 2.24) is 9.55 Å². The predicted octanol–water partition coefficient (Wildman–Crippen LogP) is 1.29. The van der Waals surface area contributed by atoms with Crippen LogP contribution < -0.4 is 0 Å². The van der Waals surface area contributed by atoms with Gasteiger partial charge in [0.25, 0.3) is 0 Å². The molecule has 2 aliphatic heterocycles. The van der Waals surface area contributed by atoms with E-state index in [4.69, 9.17) is 4.74 Å².